The van der Waals surface area contributed by atoms with Gasteiger partial charge in [0.15, 0.2) is 5.78 Å². The van der Waals surface area contributed by atoms with Gasteiger partial charge in [-0.15, -0.1) is 0 Å². The standard InChI is InChI=1S/C8H13ClO/c1-3-4-5-8(6-9)7(2)10/h6H,3-5H2,1-2H3. The lowest BCUT2D eigenvalue weighted by atomic mass is 10.1. The van der Waals surface area contributed by atoms with Crippen LogP contribution in [0.2, 0.25) is 0 Å². The van der Waals surface area contributed by atoms with Gasteiger partial charge in [-0.1, -0.05) is 24.9 Å². The van der Waals surface area contributed by atoms with E-state index in [4.69, 9.17) is 11.6 Å². The van der Waals surface area contributed by atoms with Gasteiger partial charge in [0, 0.05) is 11.1 Å². The van der Waals surface area contributed by atoms with Crippen molar-refractivity contribution in [2.24, 2.45) is 0 Å². The van der Waals surface area contributed by atoms with Gasteiger partial charge in [-0.2, -0.15) is 0 Å². The van der Waals surface area contributed by atoms with E-state index in [0.29, 0.717) is 0 Å². The van der Waals surface area contributed by atoms with Crippen LogP contribution in [-0.4, -0.2) is 5.78 Å². The van der Waals surface area contributed by atoms with Crippen LogP contribution in [0.1, 0.15) is 33.1 Å². The molecular formula is C8H13ClO. The minimum Gasteiger partial charge on any atom is -0.295 e. The summed E-state index contributed by atoms with van der Waals surface area (Å²) in [5.74, 6) is 0.0865. The molecule has 58 valence electrons. The Hall–Kier alpha value is -0.300. The predicted molar refractivity (Wildman–Crippen MR) is 44.1 cm³/mol. The van der Waals surface area contributed by atoms with E-state index in [9.17, 15) is 4.79 Å². The molecule has 0 spiro atoms. The minimum atomic E-state index is 0.0865. The maximum atomic E-state index is 10.7. The van der Waals surface area contributed by atoms with Gasteiger partial charge in [0.25, 0.3) is 0 Å². The number of Topliss-reactive ketones (excluding diaryl/α,β-unsaturated/α-hetero) is 1. The first-order chi connectivity index (χ1) is 4.72. The van der Waals surface area contributed by atoms with Crippen molar-refractivity contribution < 1.29 is 4.79 Å². The van der Waals surface area contributed by atoms with Crippen molar-refractivity contribution in [2.45, 2.75) is 33.1 Å². The highest BCUT2D eigenvalue weighted by Crippen LogP contribution is 2.08. The summed E-state index contributed by atoms with van der Waals surface area (Å²) in [5.41, 5.74) is 2.13. The zero-order valence-electron chi connectivity index (χ0n) is 6.48. The van der Waals surface area contributed by atoms with E-state index in [1.54, 1.807) is 6.92 Å². The highest BCUT2D eigenvalue weighted by molar-refractivity contribution is 6.27. The summed E-state index contributed by atoms with van der Waals surface area (Å²) in [4.78, 5) is 10.7. The molecule has 0 aromatic rings. The molecule has 1 nitrogen and oxygen atoms in total. The van der Waals surface area contributed by atoms with Crippen molar-refractivity contribution in [2.75, 3.05) is 0 Å². The number of carbonyl (C=O) groups excluding carboxylic acids is 1. The van der Waals surface area contributed by atoms with Crippen molar-refractivity contribution >= 4 is 17.4 Å². The Morgan fingerprint density at radius 1 is 1.60 bits per heavy atom. The van der Waals surface area contributed by atoms with Crippen LogP contribution in [0.25, 0.3) is 0 Å². The zero-order chi connectivity index (χ0) is 7.98. The Morgan fingerprint density at radius 3 is 2.50 bits per heavy atom. The molecule has 0 aliphatic heterocycles. The first kappa shape index (κ1) is 9.70. The summed E-state index contributed by atoms with van der Waals surface area (Å²) in [5, 5.41) is 0. The summed E-state index contributed by atoms with van der Waals surface area (Å²) >= 11 is 5.42. The highest BCUT2D eigenvalue weighted by atomic mass is 35.5. The van der Waals surface area contributed by atoms with Gasteiger partial charge < -0.3 is 0 Å². The molecule has 2 heteroatoms. The van der Waals surface area contributed by atoms with Crippen molar-refractivity contribution in [1.29, 1.82) is 0 Å². The molecule has 0 fully saturated rings. The van der Waals surface area contributed by atoms with Gasteiger partial charge in [-0.05, 0) is 19.8 Å². The fourth-order valence-corrected chi connectivity index (χ4v) is 0.937. The Morgan fingerprint density at radius 2 is 2.20 bits per heavy atom. The van der Waals surface area contributed by atoms with Gasteiger partial charge in [-0.25, -0.2) is 0 Å². The van der Waals surface area contributed by atoms with Crippen LogP contribution in [0.15, 0.2) is 11.1 Å². The highest BCUT2D eigenvalue weighted by Gasteiger charge is 2.00. The molecule has 0 amide bonds. The lowest BCUT2D eigenvalue weighted by Crippen LogP contribution is -1.94. The van der Waals surface area contributed by atoms with E-state index in [2.05, 4.69) is 6.92 Å². The third kappa shape index (κ3) is 3.67. The molecule has 0 aliphatic rings. The van der Waals surface area contributed by atoms with Crippen LogP contribution in [0.3, 0.4) is 0 Å². The first-order valence-corrected chi connectivity index (χ1v) is 3.96. The molecule has 0 saturated heterocycles. The van der Waals surface area contributed by atoms with E-state index >= 15 is 0 Å². The number of unbranched alkanes of at least 4 members (excludes halogenated alkanes) is 1. The van der Waals surface area contributed by atoms with Crippen LogP contribution in [0.5, 0.6) is 0 Å². The van der Waals surface area contributed by atoms with E-state index < -0.39 is 0 Å². The lowest BCUT2D eigenvalue weighted by molar-refractivity contribution is -0.113. The van der Waals surface area contributed by atoms with E-state index in [1.165, 1.54) is 5.54 Å². The Bertz CT molecular complexity index is 138. The number of hydrogen-bond acceptors (Lipinski definition) is 1. The monoisotopic (exact) mass is 160 g/mol. The quantitative estimate of drug-likeness (QED) is 0.578. The van der Waals surface area contributed by atoms with E-state index in [0.717, 1.165) is 24.8 Å². The Balaban J connectivity index is 3.74. The molecule has 0 saturated carbocycles. The molecule has 0 rings (SSSR count). The Kier molecular flexibility index (Phi) is 5.32. The second-order valence-electron chi connectivity index (χ2n) is 2.29. The number of allylic oxidation sites excluding steroid dienone is 1. The average molecular weight is 161 g/mol. The molecule has 0 aliphatic carbocycles. The van der Waals surface area contributed by atoms with E-state index in [1.807, 2.05) is 0 Å². The Labute approximate surface area is 67.1 Å². The molecule has 0 bridgehead atoms. The van der Waals surface area contributed by atoms with Gasteiger partial charge in [0.1, 0.15) is 0 Å². The third-order valence-electron chi connectivity index (χ3n) is 1.38. The van der Waals surface area contributed by atoms with E-state index in [-0.39, 0.29) is 5.78 Å². The summed E-state index contributed by atoms with van der Waals surface area (Å²) < 4.78 is 0. The van der Waals surface area contributed by atoms with Gasteiger partial charge in [0.05, 0.1) is 0 Å². The van der Waals surface area contributed by atoms with Crippen LogP contribution in [-0.2, 0) is 4.79 Å². The maximum Gasteiger partial charge on any atom is 0.156 e. The van der Waals surface area contributed by atoms with Gasteiger partial charge in [-0.3, -0.25) is 4.79 Å². The van der Waals surface area contributed by atoms with Crippen molar-refractivity contribution in [3.8, 4) is 0 Å². The largest absolute Gasteiger partial charge is 0.295 e. The van der Waals surface area contributed by atoms with Gasteiger partial charge in [0.2, 0.25) is 0 Å². The number of ketones is 1. The fourth-order valence-electron chi connectivity index (χ4n) is 0.675. The zero-order valence-corrected chi connectivity index (χ0v) is 7.24. The van der Waals surface area contributed by atoms with Crippen molar-refractivity contribution in [3.63, 3.8) is 0 Å². The van der Waals surface area contributed by atoms with Crippen molar-refractivity contribution in [3.05, 3.63) is 11.1 Å². The fraction of sp³-hybridized carbons (Fsp3) is 0.625. The normalized spacial score (nSPS) is 11.7. The minimum absolute atomic E-state index is 0.0865. The first-order valence-electron chi connectivity index (χ1n) is 3.52. The summed E-state index contributed by atoms with van der Waals surface area (Å²) in [6, 6.07) is 0. The SMILES string of the molecule is CCCCC(=CCl)C(C)=O. The molecule has 0 unspecified atom stereocenters. The lowest BCUT2D eigenvalue weighted by Gasteiger charge is -1.98. The maximum absolute atomic E-state index is 10.7. The molecular weight excluding hydrogens is 148 g/mol. The number of carbonyl (C=O) groups is 1. The molecule has 0 atom stereocenters. The predicted octanol–water partition coefficient (Wildman–Crippen LogP) is 2.89. The number of rotatable bonds is 4. The third-order valence-corrected chi connectivity index (χ3v) is 1.65. The number of hydrogen-bond donors (Lipinski definition) is 0. The number of halogens is 1. The van der Waals surface area contributed by atoms with Crippen LogP contribution in [0.4, 0.5) is 0 Å². The van der Waals surface area contributed by atoms with Crippen LogP contribution in [0, 0.1) is 0 Å². The second-order valence-corrected chi connectivity index (χ2v) is 2.51. The summed E-state index contributed by atoms with van der Waals surface area (Å²) in [6.45, 7) is 3.63. The van der Waals surface area contributed by atoms with Gasteiger partial charge >= 0.3 is 0 Å². The van der Waals surface area contributed by atoms with Crippen LogP contribution < -0.4 is 0 Å². The summed E-state index contributed by atoms with van der Waals surface area (Å²) in [6.07, 6.45) is 2.95. The average Bonchev–Trinajstić information content (AvgIpc) is 1.89. The molecule has 0 aromatic heterocycles. The van der Waals surface area contributed by atoms with Crippen LogP contribution >= 0.6 is 11.6 Å². The molecule has 0 radical (unpaired) electrons. The smallest absolute Gasteiger partial charge is 0.156 e. The molecule has 0 heterocycles. The topological polar surface area (TPSA) is 17.1 Å². The van der Waals surface area contributed by atoms with Crippen molar-refractivity contribution in [1.82, 2.24) is 0 Å². The molecule has 0 N–H and O–H groups in total. The molecule has 0 aromatic carbocycles. The summed E-state index contributed by atoms with van der Waals surface area (Å²) in [7, 11) is 0. The second kappa shape index (κ2) is 5.48. The molecule has 10 heavy (non-hydrogen) atoms.